The van der Waals surface area contributed by atoms with Crippen molar-refractivity contribution in [1.29, 1.82) is 0 Å². The predicted molar refractivity (Wildman–Crippen MR) is 102 cm³/mol. The van der Waals surface area contributed by atoms with Crippen LogP contribution in [0, 0.1) is 5.41 Å². The molecule has 5 nitrogen and oxygen atoms in total. The number of phenols is 2. The Morgan fingerprint density at radius 1 is 1.04 bits per heavy atom. The molecule has 0 aromatic heterocycles. The van der Waals surface area contributed by atoms with Crippen molar-refractivity contribution >= 4 is 23.4 Å². The number of ether oxygens (including phenoxy) is 1. The Kier molecular flexibility index (Phi) is 8.41. The van der Waals surface area contributed by atoms with Crippen molar-refractivity contribution < 1.29 is 24.5 Å². The van der Waals surface area contributed by atoms with E-state index in [2.05, 4.69) is 0 Å². The number of benzene rings is 1. The van der Waals surface area contributed by atoms with Crippen LogP contribution in [0.5, 0.6) is 11.5 Å². The maximum Gasteiger partial charge on any atom is 0.311 e. The molecule has 0 saturated heterocycles. The fourth-order valence-electron chi connectivity index (χ4n) is 2.50. The summed E-state index contributed by atoms with van der Waals surface area (Å²) >= 11 is 5.94. The highest BCUT2D eigenvalue weighted by atomic mass is 35.5. The number of rotatable bonds is 9. The van der Waals surface area contributed by atoms with Crippen LogP contribution in [0.25, 0.3) is 0 Å². The third kappa shape index (κ3) is 6.52. The summed E-state index contributed by atoms with van der Waals surface area (Å²) in [4.78, 5) is 23.2. The van der Waals surface area contributed by atoms with Crippen LogP contribution in [0.15, 0.2) is 6.07 Å². The summed E-state index contributed by atoms with van der Waals surface area (Å²) in [6.07, 6.45) is 4.79. The average Bonchev–Trinajstić information content (AvgIpc) is 2.54. The van der Waals surface area contributed by atoms with E-state index in [-0.39, 0.29) is 33.8 Å². The van der Waals surface area contributed by atoms with Crippen molar-refractivity contribution in [3.8, 4) is 11.5 Å². The Balaban J connectivity index is 2.37. The maximum absolute atomic E-state index is 11.6. The fraction of sp³-hybridized carbons (Fsp3) is 0.600. The molecule has 1 aromatic rings. The Hall–Kier alpha value is -1.75. The number of phenolic OH excluding ortho intramolecular Hbond substituents is 2. The second-order valence-corrected chi connectivity index (χ2v) is 7.95. The van der Waals surface area contributed by atoms with Crippen molar-refractivity contribution in [3.05, 3.63) is 22.2 Å². The van der Waals surface area contributed by atoms with Gasteiger partial charge in [0.05, 0.1) is 22.6 Å². The molecule has 0 aliphatic rings. The summed E-state index contributed by atoms with van der Waals surface area (Å²) in [7, 11) is 0. The summed E-state index contributed by atoms with van der Waals surface area (Å²) in [5.74, 6) is -0.835. The lowest BCUT2D eigenvalue weighted by molar-refractivity contribution is -0.153. The first kappa shape index (κ1) is 22.3. The van der Waals surface area contributed by atoms with Crippen molar-refractivity contribution in [2.75, 3.05) is 6.61 Å². The highest BCUT2D eigenvalue weighted by Gasteiger charge is 2.22. The lowest BCUT2D eigenvalue weighted by Gasteiger charge is -2.16. The van der Waals surface area contributed by atoms with Crippen LogP contribution in [0.4, 0.5) is 0 Å². The lowest BCUT2D eigenvalue weighted by atomic mass is 9.97. The minimum Gasteiger partial charge on any atom is -0.507 e. The number of Topliss-reactive ketones (excluding diaryl/α,β-unsaturated/α-hetero) is 1. The normalized spacial score (nSPS) is 11.4. The van der Waals surface area contributed by atoms with Crippen molar-refractivity contribution in [3.63, 3.8) is 0 Å². The number of unbranched alkanes of at least 4 members (excludes halogenated alkanes) is 4. The highest BCUT2D eigenvalue weighted by molar-refractivity contribution is 6.32. The third-order valence-corrected chi connectivity index (χ3v) is 4.41. The van der Waals surface area contributed by atoms with Gasteiger partial charge in [0.15, 0.2) is 5.78 Å². The first-order valence-corrected chi connectivity index (χ1v) is 9.35. The zero-order chi connectivity index (χ0) is 19.9. The largest absolute Gasteiger partial charge is 0.507 e. The maximum atomic E-state index is 11.6. The van der Waals surface area contributed by atoms with Gasteiger partial charge < -0.3 is 14.9 Å². The molecule has 1 rings (SSSR count). The molecule has 0 fully saturated rings. The molecule has 0 aliphatic carbocycles. The zero-order valence-electron chi connectivity index (χ0n) is 16.0. The highest BCUT2D eigenvalue weighted by Crippen LogP contribution is 2.38. The molecule has 0 atom stereocenters. The van der Waals surface area contributed by atoms with Crippen LogP contribution in [0.1, 0.15) is 75.7 Å². The van der Waals surface area contributed by atoms with Crippen molar-refractivity contribution in [1.82, 2.24) is 0 Å². The molecule has 6 heteroatoms. The fourth-order valence-corrected chi connectivity index (χ4v) is 2.73. The summed E-state index contributed by atoms with van der Waals surface area (Å²) in [5, 5.41) is 20.3. The summed E-state index contributed by atoms with van der Waals surface area (Å²) in [6.45, 7) is 7.25. The molecule has 0 bridgehead atoms. The Labute approximate surface area is 160 Å². The number of halogens is 1. The molecule has 0 saturated carbocycles. The molecule has 26 heavy (non-hydrogen) atoms. The molecular formula is C20H29ClO5. The number of carbonyl (C=O) groups is 2. The molecule has 0 aliphatic heterocycles. The Bertz CT molecular complexity index is 647. The van der Waals surface area contributed by atoms with Gasteiger partial charge in [-0.3, -0.25) is 9.59 Å². The SMILES string of the molecule is CC(=O)c1cc(Cl)c(O)c(CCCCCCCOC(=O)C(C)(C)C)c1O. The van der Waals surface area contributed by atoms with Gasteiger partial charge in [0, 0.05) is 5.56 Å². The summed E-state index contributed by atoms with van der Waals surface area (Å²) in [5.41, 5.74) is -0.0232. The minimum absolute atomic E-state index is 0.0728. The second-order valence-electron chi connectivity index (χ2n) is 7.54. The Morgan fingerprint density at radius 3 is 2.19 bits per heavy atom. The summed E-state index contributed by atoms with van der Waals surface area (Å²) in [6, 6.07) is 1.29. The smallest absolute Gasteiger partial charge is 0.311 e. The third-order valence-electron chi connectivity index (χ3n) is 4.12. The lowest BCUT2D eigenvalue weighted by Crippen LogP contribution is -2.23. The van der Waals surface area contributed by atoms with Gasteiger partial charge >= 0.3 is 5.97 Å². The van der Waals surface area contributed by atoms with Gasteiger partial charge in [0.25, 0.3) is 0 Å². The molecule has 2 N–H and O–H groups in total. The molecule has 0 amide bonds. The van der Waals surface area contributed by atoms with E-state index < -0.39 is 5.41 Å². The minimum atomic E-state index is -0.473. The number of ketones is 1. The van der Waals surface area contributed by atoms with E-state index in [1.165, 1.54) is 13.0 Å². The molecule has 0 unspecified atom stereocenters. The van der Waals surface area contributed by atoms with E-state index in [1.54, 1.807) is 0 Å². The molecule has 146 valence electrons. The van der Waals surface area contributed by atoms with E-state index in [1.807, 2.05) is 20.8 Å². The molecule has 0 spiro atoms. The van der Waals surface area contributed by atoms with Gasteiger partial charge in [-0.05, 0) is 53.0 Å². The van der Waals surface area contributed by atoms with E-state index in [0.717, 1.165) is 32.1 Å². The van der Waals surface area contributed by atoms with Crippen LogP contribution in [0.2, 0.25) is 5.02 Å². The van der Waals surface area contributed by atoms with E-state index in [9.17, 15) is 19.8 Å². The Morgan fingerprint density at radius 2 is 1.62 bits per heavy atom. The first-order chi connectivity index (χ1) is 12.1. The van der Waals surface area contributed by atoms with Crippen molar-refractivity contribution in [2.24, 2.45) is 5.41 Å². The van der Waals surface area contributed by atoms with E-state index >= 15 is 0 Å². The van der Waals surface area contributed by atoms with Gasteiger partial charge in [-0.1, -0.05) is 30.9 Å². The monoisotopic (exact) mass is 384 g/mol. The molecule has 0 radical (unpaired) electrons. The number of carbonyl (C=O) groups excluding carboxylic acids is 2. The van der Waals surface area contributed by atoms with E-state index in [4.69, 9.17) is 16.3 Å². The van der Waals surface area contributed by atoms with Gasteiger partial charge in [-0.15, -0.1) is 0 Å². The van der Waals surface area contributed by atoms with Crippen molar-refractivity contribution in [2.45, 2.75) is 66.2 Å². The number of hydrogen-bond donors (Lipinski definition) is 2. The van der Waals surface area contributed by atoms with Crippen LogP contribution < -0.4 is 0 Å². The van der Waals surface area contributed by atoms with E-state index in [0.29, 0.717) is 18.6 Å². The first-order valence-electron chi connectivity index (χ1n) is 8.97. The zero-order valence-corrected chi connectivity index (χ0v) is 16.8. The standard InChI is InChI=1S/C20H29ClO5/c1-13(22)15-12-16(21)18(24)14(17(15)23)10-8-6-5-7-9-11-26-19(25)20(2,3)4/h12,23-24H,5-11H2,1-4H3. The van der Waals surface area contributed by atoms with Crippen LogP contribution in [0.3, 0.4) is 0 Å². The number of aromatic hydroxyl groups is 2. The predicted octanol–water partition coefficient (Wildman–Crippen LogP) is 5.04. The molecular weight excluding hydrogens is 356 g/mol. The van der Waals surface area contributed by atoms with Crippen LogP contribution in [-0.2, 0) is 16.0 Å². The van der Waals surface area contributed by atoms with Gasteiger partial charge in [-0.25, -0.2) is 0 Å². The van der Waals surface area contributed by atoms with Crippen LogP contribution in [-0.4, -0.2) is 28.6 Å². The number of esters is 1. The second kappa shape index (κ2) is 9.81. The number of hydrogen-bond acceptors (Lipinski definition) is 5. The van der Waals surface area contributed by atoms with Gasteiger partial charge in [0.2, 0.25) is 0 Å². The quantitative estimate of drug-likeness (QED) is 0.354. The molecule has 1 aromatic carbocycles. The molecule has 0 heterocycles. The topological polar surface area (TPSA) is 83.8 Å². The summed E-state index contributed by atoms with van der Waals surface area (Å²) < 4.78 is 5.21. The van der Waals surface area contributed by atoms with Gasteiger partial charge in [-0.2, -0.15) is 0 Å². The average molecular weight is 385 g/mol. The van der Waals surface area contributed by atoms with Crippen LogP contribution >= 0.6 is 11.6 Å². The van der Waals surface area contributed by atoms with Gasteiger partial charge in [0.1, 0.15) is 11.5 Å².